The lowest BCUT2D eigenvalue weighted by atomic mass is 10.1. The average molecular weight is 338 g/mol. The lowest BCUT2D eigenvalue weighted by molar-refractivity contribution is -0.146. The summed E-state index contributed by atoms with van der Waals surface area (Å²) < 4.78 is 37.7. The normalized spacial score (nSPS) is 14.7. The second-order valence-electron chi connectivity index (χ2n) is 5.79. The number of hydrogen-bond acceptors (Lipinski definition) is 3. The van der Waals surface area contributed by atoms with Crippen molar-refractivity contribution in [1.82, 2.24) is 15.1 Å². The Labute approximate surface area is 136 Å². The van der Waals surface area contributed by atoms with Crippen LogP contribution < -0.4 is 5.32 Å². The molecule has 1 aromatic carbocycles. The largest absolute Gasteiger partial charge is 0.401 e. The van der Waals surface area contributed by atoms with E-state index in [0.717, 1.165) is 23.2 Å². The number of aryl methyl sites for hydroxylation is 1. The van der Waals surface area contributed by atoms with Gasteiger partial charge < -0.3 is 5.32 Å². The summed E-state index contributed by atoms with van der Waals surface area (Å²) in [5.74, 6) is -0.381. The topological polar surface area (TPSA) is 61.0 Å². The Morgan fingerprint density at radius 1 is 1.38 bits per heavy atom. The number of aromatic amines is 1. The van der Waals surface area contributed by atoms with Gasteiger partial charge in [0.25, 0.3) is 5.91 Å². The number of halogens is 3. The molecule has 3 rings (SSSR count). The van der Waals surface area contributed by atoms with E-state index in [-0.39, 0.29) is 24.7 Å². The molecule has 2 aromatic rings. The van der Waals surface area contributed by atoms with Crippen LogP contribution in [-0.2, 0) is 19.5 Å². The average Bonchev–Trinajstić information content (AvgIpc) is 3.11. The van der Waals surface area contributed by atoms with Crippen molar-refractivity contribution in [3.8, 4) is 0 Å². The van der Waals surface area contributed by atoms with Gasteiger partial charge in [0.1, 0.15) is 0 Å². The number of rotatable bonds is 4. The summed E-state index contributed by atoms with van der Waals surface area (Å²) in [6, 6.07) is 6.87. The van der Waals surface area contributed by atoms with Gasteiger partial charge in [-0.2, -0.15) is 18.3 Å². The van der Waals surface area contributed by atoms with Crippen molar-refractivity contribution in [2.45, 2.75) is 32.6 Å². The number of amides is 1. The first-order valence-electron chi connectivity index (χ1n) is 7.61. The second-order valence-corrected chi connectivity index (χ2v) is 5.79. The molecule has 0 spiro atoms. The molecule has 0 bridgehead atoms. The number of nitrogens with one attached hydrogen (secondary N) is 2. The third-order valence-electron chi connectivity index (χ3n) is 3.94. The molecule has 0 saturated heterocycles. The van der Waals surface area contributed by atoms with Crippen LogP contribution in [0.4, 0.5) is 18.9 Å². The van der Waals surface area contributed by atoms with Crippen LogP contribution in [0, 0.1) is 0 Å². The monoisotopic (exact) mass is 338 g/mol. The quantitative estimate of drug-likeness (QED) is 0.900. The lowest BCUT2D eigenvalue weighted by Crippen LogP contribution is -2.30. The van der Waals surface area contributed by atoms with Crippen LogP contribution in [0.5, 0.6) is 0 Å². The molecule has 0 unspecified atom stereocenters. The van der Waals surface area contributed by atoms with E-state index in [9.17, 15) is 18.0 Å². The van der Waals surface area contributed by atoms with Gasteiger partial charge in [-0.25, -0.2) is 0 Å². The molecule has 24 heavy (non-hydrogen) atoms. The molecule has 0 radical (unpaired) electrons. The summed E-state index contributed by atoms with van der Waals surface area (Å²) in [7, 11) is 0. The number of aromatic nitrogens is 2. The van der Waals surface area contributed by atoms with Gasteiger partial charge in [-0.15, -0.1) is 0 Å². The molecule has 1 aliphatic rings. The van der Waals surface area contributed by atoms with Crippen LogP contribution >= 0.6 is 0 Å². The van der Waals surface area contributed by atoms with Crippen molar-refractivity contribution in [3.05, 3.63) is 46.8 Å². The highest BCUT2D eigenvalue weighted by Crippen LogP contribution is 2.31. The van der Waals surface area contributed by atoms with Gasteiger partial charge in [0.15, 0.2) is 5.69 Å². The molecule has 2 heterocycles. The van der Waals surface area contributed by atoms with E-state index in [2.05, 4.69) is 15.5 Å². The van der Waals surface area contributed by atoms with Crippen LogP contribution in [0.3, 0.4) is 0 Å². The smallest absolute Gasteiger partial charge is 0.320 e. The lowest BCUT2D eigenvalue weighted by Gasteiger charge is -2.16. The highest BCUT2D eigenvalue weighted by Gasteiger charge is 2.34. The second kappa shape index (κ2) is 6.27. The Balaban J connectivity index is 1.75. The summed E-state index contributed by atoms with van der Waals surface area (Å²) in [6.07, 6.45) is -3.51. The molecule has 0 aliphatic carbocycles. The molecule has 1 aliphatic heterocycles. The molecular formula is C16H17F3N4O. The minimum absolute atomic E-state index is 0.159. The molecule has 128 valence electrons. The zero-order valence-electron chi connectivity index (χ0n) is 13.1. The van der Waals surface area contributed by atoms with E-state index in [1.54, 1.807) is 24.3 Å². The number of alkyl halides is 3. The highest BCUT2D eigenvalue weighted by atomic mass is 19.4. The third-order valence-corrected chi connectivity index (χ3v) is 3.94. The van der Waals surface area contributed by atoms with Crippen molar-refractivity contribution in [2.24, 2.45) is 0 Å². The molecule has 1 aromatic heterocycles. The molecule has 0 atom stereocenters. The van der Waals surface area contributed by atoms with E-state index < -0.39 is 12.7 Å². The van der Waals surface area contributed by atoms with Gasteiger partial charge in [-0.3, -0.25) is 14.8 Å². The first-order valence-corrected chi connectivity index (χ1v) is 7.61. The molecule has 0 fully saturated rings. The number of carbonyl (C=O) groups excluding carboxylic acids is 1. The van der Waals surface area contributed by atoms with Crippen molar-refractivity contribution in [2.75, 3.05) is 11.9 Å². The van der Waals surface area contributed by atoms with Crippen LogP contribution in [-0.4, -0.2) is 33.7 Å². The number of benzene rings is 1. The minimum Gasteiger partial charge on any atom is -0.320 e. The number of hydrogen-bond donors (Lipinski definition) is 2. The fraction of sp³-hybridized carbons (Fsp3) is 0.375. The highest BCUT2D eigenvalue weighted by molar-refractivity contribution is 6.03. The number of nitrogens with zero attached hydrogens (tertiary/aromatic N) is 2. The molecule has 8 heteroatoms. The van der Waals surface area contributed by atoms with E-state index >= 15 is 0 Å². The Hall–Kier alpha value is -2.35. The summed E-state index contributed by atoms with van der Waals surface area (Å²) in [6.45, 7) is 1.36. The van der Waals surface area contributed by atoms with Crippen LogP contribution in [0.1, 0.15) is 34.2 Å². The predicted octanol–water partition coefficient (Wildman–Crippen LogP) is 3.10. The maximum absolute atomic E-state index is 12.6. The minimum atomic E-state index is -4.24. The Bertz CT molecular complexity index is 754. The van der Waals surface area contributed by atoms with Crippen LogP contribution in [0.15, 0.2) is 24.3 Å². The van der Waals surface area contributed by atoms with Crippen molar-refractivity contribution >= 4 is 11.6 Å². The first-order chi connectivity index (χ1) is 11.4. The van der Waals surface area contributed by atoms with Crippen molar-refractivity contribution in [3.63, 3.8) is 0 Å². The van der Waals surface area contributed by atoms with E-state index in [0.29, 0.717) is 5.69 Å². The number of carbonyl (C=O) groups is 1. The Morgan fingerprint density at radius 2 is 2.17 bits per heavy atom. The summed E-state index contributed by atoms with van der Waals surface area (Å²) >= 11 is 0. The van der Waals surface area contributed by atoms with Gasteiger partial charge in [0.2, 0.25) is 0 Å². The number of fused-ring (bicyclic) bond motifs is 1. The van der Waals surface area contributed by atoms with Crippen LogP contribution in [0.2, 0.25) is 0 Å². The van der Waals surface area contributed by atoms with E-state index in [4.69, 9.17) is 0 Å². The first kappa shape index (κ1) is 16.5. The fourth-order valence-electron chi connectivity index (χ4n) is 2.82. The van der Waals surface area contributed by atoms with Gasteiger partial charge in [0, 0.05) is 24.5 Å². The van der Waals surface area contributed by atoms with E-state index in [1.807, 2.05) is 6.92 Å². The Morgan fingerprint density at radius 3 is 2.83 bits per heavy atom. The molecule has 0 saturated carbocycles. The van der Waals surface area contributed by atoms with Crippen molar-refractivity contribution < 1.29 is 18.0 Å². The zero-order valence-corrected chi connectivity index (χ0v) is 13.1. The maximum atomic E-state index is 12.6. The summed E-state index contributed by atoms with van der Waals surface area (Å²) in [5.41, 5.74) is 3.15. The zero-order chi connectivity index (χ0) is 17.3. The SMILES string of the molecule is CCc1cc(C(=O)Nc2cccc3c2CN(CC(F)(F)F)C3)n[nH]1. The van der Waals surface area contributed by atoms with Crippen LogP contribution in [0.25, 0.3) is 0 Å². The molecule has 5 nitrogen and oxygen atoms in total. The molecule has 1 amide bonds. The predicted molar refractivity (Wildman–Crippen MR) is 82.5 cm³/mol. The van der Waals surface area contributed by atoms with Gasteiger partial charge in [-0.05, 0) is 29.7 Å². The number of anilines is 1. The molecule has 2 N–H and O–H groups in total. The van der Waals surface area contributed by atoms with Gasteiger partial charge in [0.05, 0.1) is 6.54 Å². The number of H-pyrrole nitrogens is 1. The standard InChI is InChI=1S/C16H17F3N4O/c1-2-11-6-14(22-21-11)15(24)20-13-5-3-4-10-7-23(8-12(10)13)9-16(17,18)19/h3-6H,2,7-9H2,1H3,(H,20,24)(H,21,22). The van der Waals surface area contributed by atoms with Gasteiger partial charge in [-0.1, -0.05) is 19.1 Å². The molecular weight excluding hydrogens is 321 g/mol. The van der Waals surface area contributed by atoms with Crippen molar-refractivity contribution in [1.29, 1.82) is 0 Å². The van der Waals surface area contributed by atoms with E-state index in [1.165, 1.54) is 4.90 Å². The maximum Gasteiger partial charge on any atom is 0.401 e. The van der Waals surface area contributed by atoms with Gasteiger partial charge >= 0.3 is 6.18 Å². The third kappa shape index (κ3) is 3.59. The summed E-state index contributed by atoms with van der Waals surface area (Å²) in [4.78, 5) is 13.6. The Kier molecular flexibility index (Phi) is 4.31. The summed E-state index contributed by atoms with van der Waals surface area (Å²) in [5, 5.41) is 9.46. The fourth-order valence-corrected chi connectivity index (χ4v) is 2.82.